The maximum Gasteiger partial charge on any atom is 0.337 e. The summed E-state index contributed by atoms with van der Waals surface area (Å²) in [5.41, 5.74) is -0.174. The van der Waals surface area contributed by atoms with Crippen molar-refractivity contribution in [1.29, 1.82) is 0 Å². The van der Waals surface area contributed by atoms with E-state index in [4.69, 9.17) is 5.11 Å². The number of hydrogen-bond donors (Lipinski definition) is 2. The lowest BCUT2D eigenvalue weighted by atomic mass is 10.3. The van der Waals surface area contributed by atoms with Crippen molar-refractivity contribution in [2.24, 2.45) is 0 Å². The molecule has 2 heterocycles. The number of nitrogens with one attached hydrogen (secondary N) is 1. The number of carbonyl (C=O) groups is 1. The van der Waals surface area contributed by atoms with E-state index in [1.807, 2.05) is 0 Å². The first kappa shape index (κ1) is 12.8. The Morgan fingerprint density at radius 2 is 2.17 bits per heavy atom. The molecule has 0 aromatic carbocycles. The first-order valence-corrected chi connectivity index (χ1v) is 6.29. The fourth-order valence-electron chi connectivity index (χ4n) is 1.10. The van der Waals surface area contributed by atoms with Crippen LogP contribution in [-0.4, -0.2) is 26.0 Å². The zero-order valence-electron chi connectivity index (χ0n) is 8.75. The summed E-state index contributed by atoms with van der Waals surface area (Å²) < 4.78 is 0.319. The second-order valence-electron chi connectivity index (χ2n) is 3.14. The second kappa shape index (κ2) is 5.32. The molecule has 0 unspecified atom stereocenters. The van der Waals surface area contributed by atoms with Gasteiger partial charge in [0.05, 0.1) is 11.9 Å². The van der Waals surface area contributed by atoms with Crippen molar-refractivity contribution < 1.29 is 9.90 Å². The highest BCUT2D eigenvalue weighted by Gasteiger charge is 2.09. The number of rotatable bonds is 3. The summed E-state index contributed by atoms with van der Waals surface area (Å²) in [4.78, 5) is 32.4. The van der Waals surface area contributed by atoms with Crippen LogP contribution >= 0.6 is 27.7 Å². The van der Waals surface area contributed by atoms with Crippen LogP contribution in [0.2, 0.25) is 0 Å². The average molecular weight is 328 g/mol. The number of aromatic carboxylic acids is 1. The van der Waals surface area contributed by atoms with Crippen molar-refractivity contribution >= 4 is 33.7 Å². The summed E-state index contributed by atoms with van der Waals surface area (Å²) in [5.74, 6) is -1.03. The number of hydrogen-bond acceptors (Lipinski definition) is 5. The minimum Gasteiger partial charge on any atom is -0.478 e. The molecule has 0 bridgehead atoms. The van der Waals surface area contributed by atoms with Crippen LogP contribution in [0.15, 0.2) is 44.0 Å². The SMILES string of the molecule is O=C(O)c1ccc(Sc2nc[nH]c(=O)c2Br)nc1. The molecule has 2 aromatic heterocycles. The van der Waals surface area contributed by atoms with Gasteiger partial charge in [0, 0.05) is 6.20 Å². The molecule has 2 aromatic rings. The Labute approximate surface area is 114 Å². The maximum atomic E-state index is 11.3. The van der Waals surface area contributed by atoms with Crippen LogP contribution in [0.25, 0.3) is 0 Å². The molecule has 92 valence electrons. The normalized spacial score (nSPS) is 10.3. The van der Waals surface area contributed by atoms with Crippen LogP contribution in [-0.2, 0) is 0 Å². The van der Waals surface area contributed by atoms with E-state index in [0.29, 0.717) is 14.5 Å². The Kier molecular flexibility index (Phi) is 3.78. The molecule has 0 aliphatic carbocycles. The van der Waals surface area contributed by atoms with Gasteiger partial charge in [0.25, 0.3) is 5.56 Å². The van der Waals surface area contributed by atoms with Crippen LogP contribution in [0, 0.1) is 0 Å². The molecule has 0 atom stereocenters. The minimum absolute atomic E-state index is 0.109. The molecule has 18 heavy (non-hydrogen) atoms. The first-order chi connectivity index (χ1) is 8.58. The molecule has 0 aliphatic rings. The number of aromatic nitrogens is 3. The van der Waals surface area contributed by atoms with Crippen molar-refractivity contribution in [3.8, 4) is 0 Å². The number of H-pyrrole nitrogens is 1. The van der Waals surface area contributed by atoms with Crippen LogP contribution in [0.5, 0.6) is 0 Å². The van der Waals surface area contributed by atoms with Gasteiger partial charge in [-0.15, -0.1) is 0 Å². The number of halogens is 1. The van der Waals surface area contributed by atoms with Crippen LogP contribution in [0.3, 0.4) is 0 Å². The van der Waals surface area contributed by atoms with Gasteiger partial charge in [-0.3, -0.25) is 4.79 Å². The molecular formula is C10H6BrN3O3S. The smallest absolute Gasteiger partial charge is 0.337 e. The molecule has 0 fully saturated rings. The summed E-state index contributed by atoms with van der Waals surface area (Å²) in [7, 11) is 0. The van der Waals surface area contributed by atoms with Crippen molar-refractivity contribution in [3.05, 3.63) is 45.0 Å². The molecule has 6 nitrogen and oxygen atoms in total. The van der Waals surface area contributed by atoms with Gasteiger partial charge in [-0.05, 0) is 39.8 Å². The summed E-state index contributed by atoms with van der Waals surface area (Å²) >= 11 is 4.29. The quantitative estimate of drug-likeness (QED) is 0.834. The summed E-state index contributed by atoms with van der Waals surface area (Å²) in [6, 6.07) is 3.00. The van der Waals surface area contributed by atoms with Gasteiger partial charge in [0.2, 0.25) is 0 Å². The van der Waals surface area contributed by atoms with Gasteiger partial charge in [-0.2, -0.15) is 0 Å². The molecule has 0 spiro atoms. The molecule has 0 saturated heterocycles. The molecule has 0 aliphatic heterocycles. The first-order valence-electron chi connectivity index (χ1n) is 4.68. The van der Waals surface area contributed by atoms with E-state index in [-0.39, 0.29) is 11.1 Å². The fourth-order valence-corrected chi connectivity index (χ4v) is 2.29. The number of aromatic amines is 1. The molecule has 8 heteroatoms. The predicted octanol–water partition coefficient (Wildman–Crippen LogP) is 1.78. The van der Waals surface area contributed by atoms with Crippen molar-refractivity contribution in [1.82, 2.24) is 15.0 Å². The summed E-state index contributed by atoms with van der Waals surface area (Å²) in [6.45, 7) is 0. The topological polar surface area (TPSA) is 95.9 Å². The highest BCUT2D eigenvalue weighted by molar-refractivity contribution is 9.10. The lowest BCUT2D eigenvalue weighted by Crippen LogP contribution is -2.07. The molecule has 0 radical (unpaired) electrons. The van der Waals surface area contributed by atoms with E-state index >= 15 is 0 Å². The highest BCUT2D eigenvalue weighted by atomic mass is 79.9. The van der Waals surface area contributed by atoms with Crippen LogP contribution in [0.4, 0.5) is 0 Å². The Balaban J connectivity index is 2.26. The van der Waals surface area contributed by atoms with Crippen LogP contribution in [0.1, 0.15) is 10.4 Å². The highest BCUT2D eigenvalue weighted by Crippen LogP contribution is 2.27. The average Bonchev–Trinajstić information content (AvgIpc) is 2.36. The Hall–Kier alpha value is -1.67. The Morgan fingerprint density at radius 1 is 1.39 bits per heavy atom. The monoisotopic (exact) mass is 327 g/mol. The van der Waals surface area contributed by atoms with Gasteiger partial charge in [0.15, 0.2) is 0 Å². The third-order valence-electron chi connectivity index (χ3n) is 1.95. The molecule has 2 N–H and O–H groups in total. The third-order valence-corrected chi connectivity index (χ3v) is 3.90. The van der Waals surface area contributed by atoms with Gasteiger partial charge in [0.1, 0.15) is 14.5 Å². The van der Waals surface area contributed by atoms with E-state index in [1.165, 1.54) is 30.4 Å². The Bertz CT molecular complexity index is 642. The van der Waals surface area contributed by atoms with Gasteiger partial charge in [-0.25, -0.2) is 14.8 Å². The standard InChI is InChI=1S/C10H6BrN3O3S/c11-7-8(15)13-4-14-9(7)18-6-2-1-5(3-12-6)10(16)17/h1-4H,(H,16,17)(H,13,14,15). The van der Waals surface area contributed by atoms with Gasteiger partial charge in [-0.1, -0.05) is 0 Å². The third kappa shape index (κ3) is 2.77. The van der Waals surface area contributed by atoms with Crippen molar-refractivity contribution in [2.75, 3.05) is 0 Å². The lowest BCUT2D eigenvalue weighted by Gasteiger charge is -2.01. The number of nitrogens with zero attached hydrogens (tertiary/aromatic N) is 2. The molecule has 0 saturated carbocycles. The van der Waals surface area contributed by atoms with E-state index in [9.17, 15) is 9.59 Å². The predicted molar refractivity (Wildman–Crippen MR) is 67.9 cm³/mol. The lowest BCUT2D eigenvalue weighted by molar-refractivity contribution is 0.0696. The largest absolute Gasteiger partial charge is 0.478 e. The van der Waals surface area contributed by atoms with Crippen molar-refractivity contribution in [3.63, 3.8) is 0 Å². The van der Waals surface area contributed by atoms with Gasteiger partial charge < -0.3 is 10.1 Å². The van der Waals surface area contributed by atoms with Crippen molar-refractivity contribution in [2.45, 2.75) is 10.1 Å². The maximum absolute atomic E-state index is 11.3. The van der Waals surface area contributed by atoms with E-state index in [0.717, 1.165) is 0 Å². The number of pyridine rings is 1. The second-order valence-corrected chi connectivity index (χ2v) is 4.95. The minimum atomic E-state index is -1.03. The Morgan fingerprint density at radius 3 is 2.78 bits per heavy atom. The molecular weight excluding hydrogens is 322 g/mol. The van der Waals surface area contributed by atoms with E-state index in [2.05, 4.69) is 30.9 Å². The van der Waals surface area contributed by atoms with E-state index < -0.39 is 5.97 Å². The van der Waals surface area contributed by atoms with E-state index in [1.54, 1.807) is 6.07 Å². The zero-order valence-corrected chi connectivity index (χ0v) is 11.2. The summed E-state index contributed by atoms with van der Waals surface area (Å²) in [5, 5.41) is 9.76. The molecule has 0 amide bonds. The summed E-state index contributed by atoms with van der Waals surface area (Å²) in [6.07, 6.45) is 2.55. The van der Waals surface area contributed by atoms with Gasteiger partial charge >= 0.3 is 5.97 Å². The fraction of sp³-hybridized carbons (Fsp3) is 0. The molecule has 2 rings (SSSR count). The zero-order chi connectivity index (χ0) is 13.1. The number of carboxylic acid groups (broad SMARTS) is 1. The number of carboxylic acids is 1. The van der Waals surface area contributed by atoms with Crippen LogP contribution < -0.4 is 5.56 Å².